The smallest absolute Gasteiger partial charge is 0.401 e. The van der Waals surface area contributed by atoms with Crippen molar-refractivity contribution in [3.63, 3.8) is 0 Å². The third kappa shape index (κ3) is 6.14. The van der Waals surface area contributed by atoms with Crippen LogP contribution in [0.25, 0.3) is 0 Å². The van der Waals surface area contributed by atoms with Crippen LogP contribution in [0.5, 0.6) is 0 Å². The summed E-state index contributed by atoms with van der Waals surface area (Å²) in [4.78, 5) is 13.2. The van der Waals surface area contributed by atoms with Crippen molar-refractivity contribution in [3.05, 3.63) is 17.5 Å². The Hall–Kier alpha value is -1.57. The van der Waals surface area contributed by atoms with Crippen molar-refractivity contribution in [1.82, 2.24) is 14.7 Å². The average Bonchev–Trinajstić information content (AvgIpc) is 2.81. The van der Waals surface area contributed by atoms with Crippen LogP contribution < -0.4 is 0 Å². The van der Waals surface area contributed by atoms with Gasteiger partial charge in [-0.15, -0.1) is 0 Å². The maximum atomic E-state index is 12.3. The lowest BCUT2D eigenvalue weighted by atomic mass is 9.98. The zero-order valence-corrected chi connectivity index (χ0v) is 14.1. The average molecular weight is 347 g/mol. The number of likely N-dealkylation sites (tertiary alicyclic amines) is 1. The Morgan fingerprint density at radius 3 is 2.58 bits per heavy atom. The van der Waals surface area contributed by atoms with E-state index in [4.69, 9.17) is 4.74 Å². The Bertz CT molecular complexity index is 549. The molecule has 2 rings (SSSR count). The van der Waals surface area contributed by atoms with Crippen LogP contribution in [-0.2, 0) is 23.0 Å². The molecule has 0 spiro atoms. The molecule has 8 heteroatoms. The fourth-order valence-corrected chi connectivity index (χ4v) is 2.98. The first-order valence-corrected chi connectivity index (χ1v) is 8.17. The Morgan fingerprint density at radius 2 is 2.04 bits per heavy atom. The second-order valence-corrected chi connectivity index (χ2v) is 6.43. The molecule has 0 amide bonds. The fraction of sp³-hybridized carbons (Fsp3) is 0.750. The summed E-state index contributed by atoms with van der Waals surface area (Å²) in [5.41, 5.74) is 1.93. The van der Waals surface area contributed by atoms with E-state index in [1.807, 2.05) is 20.2 Å². The van der Waals surface area contributed by atoms with Gasteiger partial charge in [0.05, 0.1) is 18.8 Å². The number of carbonyl (C=O) groups excluding carboxylic acids is 1. The van der Waals surface area contributed by atoms with Crippen LogP contribution in [0.3, 0.4) is 0 Å². The molecule has 0 N–H and O–H groups in total. The van der Waals surface area contributed by atoms with Gasteiger partial charge in [-0.3, -0.25) is 14.4 Å². The first kappa shape index (κ1) is 18.8. The molecular formula is C16H24F3N3O2. The number of ether oxygens (including phenoxy) is 1. The number of hydrogen-bond acceptors (Lipinski definition) is 4. The summed E-state index contributed by atoms with van der Waals surface area (Å²) in [5, 5.41) is 4.22. The predicted molar refractivity (Wildman–Crippen MR) is 82.4 cm³/mol. The van der Waals surface area contributed by atoms with E-state index in [2.05, 4.69) is 5.10 Å². The molecule has 1 aliphatic rings. The van der Waals surface area contributed by atoms with Crippen LogP contribution >= 0.6 is 0 Å². The summed E-state index contributed by atoms with van der Waals surface area (Å²) in [7, 11) is 1.83. The van der Waals surface area contributed by atoms with Gasteiger partial charge in [0.2, 0.25) is 0 Å². The number of esters is 1. The van der Waals surface area contributed by atoms with Gasteiger partial charge in [0.25, 0.3) is 0 Å². The molecule has 0 aromatic carbocycles. The summed E-state index contributed by atoms with van der Waals surface area (Å²) in [5.74, 6) is -0.116. The van der Waals surface area contributed by atoms with Crippen LogP contribution in [0, 0.1) is 12.8 Å². The van der Waals surface area contributed by atoms with Crippen molar-refractivity contribution < 1.29 is 22.7 Å². The van der Waals surface area contributed by atoms with E-state index in [1.165, 1.54) is 4.90 Å². The molecular weight excluding hydrogens is 323 g/mol. The maximum Gasteiger partial charge on any atom is 0.401 e. The van der Waals surface area contributed by atoms with Gasteiger partial charge < -0.3 is 4.74 Å². The second-order valence-electron chi connectivity index (χ2n) is 6.43. The number of alkyl halides is 3. The molecule has 1 saturated heterocycles. The number of aryl methyl sites for hydroxylation is 3. The number of hydrogen-bond donors (Lipinski definition) is 0. The largest absolute Gasteiger partial charge is 0.465 e. The van der Waals surface area contributed by atoms with Gasteiger partial charge in [-0.25, -0.2) is 0 Å². The van der Waals surface area contributed by atoms with E-state index >= 15 is 0 Å². The topological polar surface area (TPSA) is 47.4 Å². The highest BCUT2D eigenvalue weighted by Gasteiger charge is 2.32. The number of carbonyl (C=O) groups is 1. The predicted octanol–water partition coefficient (Wildman–Crippen LogP) is 2.48. The molecule has 24 heavy (non-hydrogen) atoms. The Morgan fingerprint density at radius 1 is 1.38 bits per heavy atom. The highest BCUT2D eigenvalue weighted by atomic mass is 19.4. The molecule has 0 saturated carbocycles. The highest BCUT2D eigenvalue weighted by molar-refractivity contribution is 5.69. The van der Waals surface area contributed by atoms with Gasteiger partial charge in [-0.05, 0) is 50.8 Å². The molecule has 5 nitrogen and oxygen atoms in total. The zero-order chi connectivity index (χ0) is 17.7. The van der Waals surface area contributed by atoms with Crippen LogP contribution in [0.2, 0.25) is 0 Å². The summed E-state index contributed by atoms with van der Waals surface area (Å²) >= 11 is 0. The first-order chi connectivity index (χ1) is 11.2. The van der Waals surface area contributed by atoms with Gasteiger partial charge in [0.15, 0.2) is 0 Å². The molecule has 1 aromatic heterocycles. The Balaban J connectivity index is 1.63. The lowest BCUT2D eigenvalue weighted by Crippen LogP contribution is -2.40. The highest BCUT2D eigenvalue weighted by Crippen LogP contribution is 2.22. The van der Waals surface area contributed by atoms with Crippen molar-refractivity contribution in [2.24, 2.45) is 13.0 Å². The molecule has 1 aliphatic heterocycles. The minimum Gasteiger partial charge on any atom is -0.465 e. The summed E-state index contributed by atoms with van der Waals surface area (Å²) in [6.45, 7) is 2.14. The third-order valence-corrected chi connectivity index (χ3v) is 4.30. The molecule has 1 aromatic rings. The van der Waals surface area contributed by atoms with Crippen molar-refractivity contribution in [2.75, 3.05) is 26.2 Å². The van der Waals surface area contributed by atoms with E-state index in [1.54, 1.807) is 4.68 Å². The molecule has 2 heterocycles. The summed E-state index contributed by atoms with van der Waals surface area (Å²) < 4.78 is 44.0. The molecule has 0 bridgehead atoms. The minimum atomic E-state index is -4.15. The quantitative estimate of drug-likeness (QED) is 0.742. The maximum absolute atomic E-state index is 12.3. The van der Waals surface area contributed by atoms with Crippen molar-refractivity contribution >= 4 is 5.97 Å². The number of aromatic nitrogens is 2. The van der Waals surface area contributed by atoms with Gasteiger partial charge in [-0.1, -0.05) is 0 Å². The van der Waals surface area contributed by atoms with E-state index in [0.717, 1.165) is 11.3 Å². The van der Waals surface area contributed by atoms with Crippen molar-refractivity contribution in [1.29, 1.82) is 0 Å². The summed E-state index contributed by atoms with van der Waals surface area (Å²) in [6, 6.07) is 0. The molecule has 0 aliphatic carbocycles. The van der Waals surface area contributed by atoms with Crippen LogP contribution in [0.1, 0.15) is 30.5 Å². The van der Waals surface area contributed by atoms with Gasteiger partial charge in [0.1, 0.15) is 0 Å². The fourth-order valence-electron chi connectivity index (χ4n) is 2.98. The van der Waals surface area contributed by atoms with Gasteiger partial charge in [0, 0.05) is 19.7 Å². The Labute approximate surface area is 139 Å². The van der Waals surface area contributed by atoms with E-state index < -0.39 is 12.7 Å². The zero-order valence-electron chi connectivity index (χ0n) is 14.1. The van der Waals surface area contributed by atoms with Crippen molar-refractivity contribution in [2.45, 2.75) is 38.8 Å². The monoisotopic (exact) mass is 347 g/mol. The number of piperidine rings is 1. The first-order valence-electron chi connectivity index (χ1n) is 8.17. The van der Waals surface area contributed by atoms with Crippen LogP contribution in [0.4, 0.5) is 13.2 Å². The van der Waals surface area contributed by atoms with Crippen LogP contribution in [-0.4, -0.2) is 53.1 Å². The molecule has 136 valence electrons. The van der Waals surface area contributed by atoms with Crippen LogP contribution in [0.15, 0.2) is 6.20 Å². The minimum absolute atomic E-state index is 0.151. The standard InChI is InChI=1S/C16H24F3N3O2/c1-12-14(9-21(2)20-12)3-4-15(23)24-10-13-5-7-22(8-6-13)11-16(17,18)19/h9,13H,3-8,10-11H2,1-2H3. The number of nitrogens with zero attached hydrogens (tertiary/aromatic N) is 3. The van der Waals surface area contributed by atoms with Crippen molar-refractivity contribution in [3.8, 4) is 0 Å². The van der Waals surface area contributed by atoms with E-state index in [9.17, 15) is 18.0 Å². The molecule has 0 radical (unpaired) electrons. The normalized spacial score (nSPS) is 17.2. The summed E-state index contributed by atoms with van der Waals surface area (Å²) in [6.07, 6.45) is -0.124. The third-order valence-electron chi connectivity index (χ3n) is 4.30. The van der Waals surface area contributed by atoms with E-state index in [-0.39, 0.29) is 11.9 Å². The lowest BCUT2D eigenvalue weighted by Gasteiger charge is -2.31. The van der Waals surface area contributed by atoms with Gasteiger partial charge in [-0.2, -0.15) is 18.3 Å². The molecule has 0 atom stereocenters. The molecule has 1 fully saturated rings. The lowest BCUT2D eigenvalue weighted by molar-refractivity contribution is -0.150. The number of halogens is 3. The van der Waals surface area contributed by atoms with E-state index in [0.29, 0.717) is 45.4 Å². The van der Waals surface area contributed by atoms with Gasteiger partial charge >= 0.3 is 12.1 Å². The second kappa shape index (κ2) is 8.00. The molecule has 0 unspecified atom stereocenters. The Kier molecular flexibility index (Phi) is 6.26. The number of rotatable bonds is 6. The SMILES string of the molecule is Cc1nn(C)cc1CCC(=O)OCC1CCN(CC(F)(F)F)CC1.